The maximum Gasteiger partial charge on any atom is 0.319 e. The van der Waals surface area contributed by atoms with E-state index in [4.69, 9.17) is 9.47 Å². The van der Waals surface area contributed by atoms with Crippen LogP contribution in [0, 0.1) is 0 Å². The molecule has 0 saturated carbocycles. The number of fused-ring (bicyclic) bond motifs is 1. The maximum atomic E-state index is 12.1. The molecule has 28 heavy (non-hydrogen) atoms. The number of carbonyl (C=O) groups excluding carboxylic acids is 1. The van der Waals surface area contributed by atoms with Crippen molar-refractivity contribution in [2.45, 2.75) is 6.42 Å². The van der Waals surface area contributed by atoms with Crippen LogP contribution in [0.1, 0.15) is 5.56 Å². The van der Waals surface area contributed by atoms with Gasteiger partial charge in [-0.2, -0.15) is 0 Å². The molecule has 2 N–H and O–H groups in total. The van der Waals surface area contributed by atoms with E-state index >= 15 is 0 Å². The highest BCUT2D eigenvalue weighted by atomic mass is 16.7. The van der Waals surface area contributed by atoms with Gasteiger partial charge in [-0.25, -0.2) is 4.79 Å². The Morgan fingerprint density at radius 3 is 2.54 bits per heavy atom. The molecule has 0 bridgehead atoms. The van der Waals surface area contributed by atoms with Crippen molar-refractivity contribution in [3.63, 3.8) is 0 Å². The van der Waals surface area contributed by atoms with E-state index < -0.39 is 0 Å². The summed E-state index contributed by atoms with van der Waals surface area (Å²) in [6.45, 7) is 5.03. The summed E-state index contributed by atoms with van der Waals surface area (Å²) < 4.78 is 10.7. The lowest BCUT2D eigenvalue weighted by molar-refractivity contribution is 0.174. The molecule has 7 heteroatoms. The van der Waals surface area contributed by atoms with Gasteiger partial charge in [-0.3, -0.25) is 0 Å². The van der Waals surface area contributed by atoms with E-state index in [0.29, 0.717) is 6.54 Å². The molecule has 2 aliphatic rings. The van der Waals surface area contributed by atoms with Crippen LogP contribution < -0.4 is 25.0 Å². The van der Waals surface area contributed by atoms with Crippen LogP contribution in [0.15, 0.2) is 42.5 Å². The van der Waals surface area contributed by atoms with Gasteiger partial charge in [-0.15, -0.1) is 0 Å². The summed E-state index contributed by atoms with van der Waals surface area (Å²) in [5.41, 5.74) is 3.08. The third-order valence-corrected chi connectivity index (χ3v) is 5.13. The number of amides is 2. The zero-order valence-corrected chi connectivity index (χ0v) is 16.1. The second-order valence-corrected chi connectivity index (χ2v) is 7.16. The monoisotopic (exact) mass is 382 g/mol. The average Bonchev–Trinajstić information content (AvgIpc) is 3.17. The summed E-state index contributed by atoms with van der Waals surface area (Å²) in [6.07, 6.45) is 0.729. The van der Waals surface area contributed by atoms with E-state index in [0.717, 1.165) is 55.3 Å². The molecule has 1 fully saturated rings. The van der Waals surface area contributed by atoms with Gasteiger partial charge in [0.2, 0.25) is 6.79 Å². The molecule has 0 spiro atoms. The molecule has 2 heterocycles. The van der Waals surface area contributed by atoms with Crippen LogP contribution >= 0.6 is 0 Å². The van der Waals surface area contributed by atoms with E-state index in [1.54, 1.807) is 0 Å². The number of piperazine rings is 1. The summed E-state index contributed by atoms with van der Waals surface area (Å²) in [7, 11) is 2.15. The average molecular weight is 382 g/mol. The molecule has 2 aromatic rings. The van der Waals surface area contributed by atoms with Crippen molar-refractivity contribution in [2.24, 2.45) is 0 Å². The fourth-order valence-corrected chi connectivity index (χ4v) is 3.41. The Balaban J connectivity index is 1.22. The molecule has 4 rings (SSSR count). The zero-order chi connectivity index (χ0) is 19.3. The lowest BCUT2D eigenvalue weighted by Crippen LogP contribution is -2.44. The summed E-state index contributed by atoms with van der Waals surface area (Å²) in [4.78, 5) is 16.8. The third kappa shape index (κ3) is 4.48. The fourth-order valence-electron chi connectivity index (χ4n) is 3.41. The van der Waals surface area contributed by atoms with Crippen LogP contribution in [-0.4, -0.2) is 57.5 Å². The molecule has 2 aromatic carbocycles. The van der Waals surface area contributed by atoms with Gasteiger partial charge in [-0.1, -0.05) is 6.07 Å². The number of urea groups is 1. The third-order valence-electron chi connectivity index (χ3n) is 5.13. The second kappa shape index (κ2) is 8.39. The summed E-state index contributed by atoms with van der Waals surface area (Å²) in [5.74, 6) is 1.54. The number of hydrogen-bond donors (Lipinski definition) is 2. The van der Waals surface area contributed by atoms with Gasteiger partial charge in [0.1, 0.15) is 0 Å². The Labute approximate surface area is 165 Å². The van der Waals surface area contributed by atoms with Gasteiger partial charge in [0.05, 0.1) is 0 Å². The summed E-state index contributed by atoms with van der Waals surface area (Å²) in [5, 5.41) is 5.78. The zero-order valence-electron chi connectivity index (χ0n) is 16.1. The fraction of sp³-hybridized carbons (Fsp3) is 0.381. The smallest absolute Gasteiger partial charge is 0.319 e. The largest absolute Gasteiger partial charge is 0.454 e. The van der Waals surface area contributed by atoms with Crippen molar-refractivity contribution in [3.05, 3.63) is 48.0 Å². The number of anilines is 2. The molecule has 0 unspecified atom stereocenters. The number of hydrogen-bond acceptors (Lipinski definition) is 5. The molecule has 2 amide bonds. The van der Waals surface area contributed by atoms with Crippen molar-refractivity contribution in [3.8, 4) is 11.5 Å². The van der Waals surface area contributed by atoms with E-state index in [1.807, 2.05) is 30.3 Å². The van der Waals surface area contributed by atoms with Crippen LogP contribution in [0.3, 0.4) is 0 Å². The van der Waals surface area contributed by atoms with Crippen LogP contribution in [0.2, 0.25) is 0 Å². The van der Waals surface area contributed by atoms with E-state index in [2.05, 4.69) is 39.6 Å². The first-order valence-corrected chi connectivity index (χ1v) is 9.64. The molecular formula is C21H26N4O3. The van der Waals surface area contributed by atoms with Crippen LogP contribution in [0.4, 0.5) is 16.2 Å². The molecule has 0 atom stereocenters. The molecular weight excluding hydrogens is 356 g/mol. The Morgan fingerprint density at radius 2 is 1.75 bits per heavy atom. The highest BCUT2D eigenvalue weighted by Crippen LogP contribution is 2.32. The van der Waals surface area contributed by atoms with Crippen LogP contribution in [0.25, 0.3) is 0 Å². The van der Waals surface area contributed by atoms with E-state index in [1.165, 1.54) is 5.69 Å². The van der Waals surface area contributed by atoms with Crippen LogP contribution in [0.5, 0.6) is 11.5 Å². The van der Waals surface area contributed by atoms with Crippen molar-refractivity contribution < 1.29 is 14.3 Å². The van der Waals surface area contributed by atoms with Gasteiger partial charge in [-0.05, 0) is 55.4 Å². The number of rotatable bonds is 5. The first-order chi connectivity index (χ1) is 13.7. The Hall–Kier alpha value is -2.93. The van der Waals surface area contributed by atoms with E-state index in [-0.39, 0.29) is 12.8 Å². The number of nitrogens with zero attached hydrogens (tertiary/aromatic N) is 2. The molecule has 0 radical (unpaired) electrons. The Kier molecular flexibility index (Phi) is 5.53. The van der Waals surface area contributed by atoms with E-state index in [9.17, 15) is 4.79 Å². The molecule has 7 nitrogen and oxygen atoms in total. The molecule has 0 aliphatic carbocycles. The minimum atomic E-state index is -0.201. The second-order valence-electron chi connectivity index (χ2n) is 7.16. The van der Waals surface area contributed by atoms with Crippen molar-refractivity contribution >= 4 is 17.4 Å². The highest BCUT2D eigenvalue weighted by molar-refractivity contribution is 5.89. The van der Waals surface area contributed by atoms with Gasteiger partial charge < -0.3 is 29.9 Å². The van der Waals surface area contributed by atoms with Gasteiger partial charge >= 0.3 is 6.03 Å². The number of benzene rings is 2. The van der Waals surface area contributed by atoms with Crippen molar-refractivity contribution in [2.75, 3.05) is 56.8 Å². The quantitative estimate of drug-likeness (QED) is 0.832. The number of ether oxygens (including phenoxy) is 2. The first kappa shape index (κ1) is 18.4. The number of likely N-dealkylation sites (N-methyl/N-ethyl adjacent to an activating group) is 1. The summed E-state index contributed by atoms with van der Waals surface area (Å²) in [6, 6.07) is 13.7. The van der Waals surface area contributed by atoms with Crippen molar-refractivity contribution in [1.82, 2.24) is 10.2 Å². The minimum Gasteiger partial charge on any atom is -0.454 e. The van der Waals surface area contributed by atoms with Gasteiger partial charge in [0.25, 0.3) is 0 Å². The first-order valence-electron chi connectivity index (χ1n) is 9.64. The van der Waals surface area contributed by atoms with Crippen molar-refractivity contribution in [1.29, 1.82) is 0 Å². The van der Waals surface area contributed by atoms with Gasteiger partial charge in [0, 0.05) is 44.1 Å². The number of nitrogens with one attached hydrogen (secondary N) is 2. The topological polar surface area (TPSA) is 66.1 Å². The molecule has 2 aliphatic heterocycles. The SMILES string of the molecule is CN1CCN(c2ccc(NC(=O)NCCc3ccc4c(c3)OCO4)cc2)CC1. The highest BCUT2D eigenvalue weighted by Gasteiger charge is 2.15. The molecule has 148 valence electrons. The molecule has 0 aromatic heterocycles. The standard InChI is InChI=1S/C21H26N4O3/c1-24-10-12-25(13-11-24)18-5-3-17(4-6-18)23-21(26)22-9-8-16-2-7-19-20(14-16)28-15-27-19/h2-7,14H,8-13,15H2,1H3,(H2,22,23,26). The normalized spacial score (nSPS) is 16.1. The lowest BCUT2D eigenvalue weighted by Gasteiger charge is -2.34. The molecule has 1 saturated heterocycles. The minimum absolute atomic E-state index is 0.201. The lowest BCUT2D eigenvalue weighted by atomic mass is 10.1. The number of carbonyl (C=O) groups is 1. The Morgan fingerprint density at radius 1 is 1.00 bits per heavy atom. The van der Waals surface area contributed by atoms with Crippen LogP contribution in [-0.2, 0) is 6.42 Å². The van der Waals surface area contributed by atoms with Gasteiger partial charge in [0.15, 0.2) is 11.5 Å². The Bertz CT molecular complexity index is 817. The predicted octanol–water partition coefficient (Wildman–Crippen LogP) is 2.53. The summed E-state index contributed by atoms with van der Waals surface area (Å²) >= 11 is 0. The maximum absolute atomic E-state index is 12.1. The predicted molar refractivity (Wildman–Crippen MR) is 109 cm³/mol.